The number of hydrogen-bond acceptors (Lipinski definition) is 2. The average Bonchev–Trinajstić information content (AvgIpc) is 2.74. The van der Waals surface area contributed by atoms with Crippen molar-refractivity contribution >= 4 is 10.9 Å². The average molecular weight is 246 g/mol. The van der Waals surface area contributed by atoms with Crippen LogP contribution in [0.1, 0.15) is 18.9 Å². The smallest absolute Gasteiger partial charge is 0.128 e. The maximum atomic E-state index is 5.72. The van der Waals surface area contributed by atoms with Crippen LogP contribution in [0.2, 0.25) is 0 Å². The van der Waals surface area contributed by atoms with Gasteiger partial charge in [0.05, 0.1) is 6.61 Å². The minimum absolute atomic E-state index is 0.710. The van der Waals surface area contributed by atoms with Gasteiger partial charge in [0.25, 0.3) is 0 Å². The molecule has 0 spiro atoms. The predicted molar refractivity (Wildman–Crippen MR) is 76.3 cm³/mol. The maximum Gasteiger partial charge on any atom is 0.128 e. The lowest BCUT2D eigenvalue weighted by Crippen LogP contribution is -2.13. The Kier molecular flexibility index (Phi) is 4.26. The summed E-state index contributed by atoms with van der Waals surface area (Å²) >= 11 is 0. The van der Waals surface area contributed by atoms with Gasteiger partial charge in [-0.25, -0.2) is 0 Å². The van der Waals surface area contributed by atoms with E-state index in [1.54, 1.807) is 0 Å². The number of nitrogens with zero attached hydrogens (tertiary/aromatic N) is 1. The largest absolute Gasteiger partial charge is 0.493 e. The van der Waals surface area contributed by atoms with Crippen LogP contribution in [-0.2, 0) is 6.42 Å². The first-order valence-corrected chi connectivity index (χ1v) is 6.59. The number of ether oxygens (including phenoxy) is 1. The third-order valence-corrected chi connectivity index (χ3v) is 3.10. The highest BCUT2D eigenvalue weighted by Crippen LogP contribution is 2.29. The lowest BCUT2D eigenvalue weighted by atomic mass is 10.1. The van der Waals surface area contributed by atoms with Gasteiger partial charge in [0, 0.05) is 17.1 Å². The van der Waals surface area contributed by atoms with Crippen molar-refractivity contribution in [1.82, 2.24) is 9.88 Å². The van der Waals surface area contributed by atoms with Gasteiger partial charge in [0.2, 0.25) is 0 Å². The summed E-state index contributed by atoms with van der Waals surface area (Å²) in [5.74, 6) is 0.996. The Balaban J connectivity index is 2.22. The van der Waals surface area contributed by atoms with Gasteiger partial charge in [-0.3, -0.25) is 0 Å². The molecule has 0 unspecified atom stereocenters. The molecule has 0 aliphatic heterocycles. The molecule has 0 atom stereocenters. The molecule has 0 aliphatic rings. The molecule has 0 amide bonds. The first-order valence-electron chi connectivity index (χ1n) is 6.59. The number of fused-ring (bicyclic) bond motifs is 1. The Morgan fingerprint density at radius 2 is 2.11 bits per heavy atom. The first-order chi connectivity index (χ1) is 8.72. The summed E-state index contributed by atoms with van der Waals surface area (Å²) in [7, 11) is 4.22. The van der Waals surface area contributed by atoms with Gasteiger partial charge in [-0.1, -0.05) is 6.07 Å². The third-order valence-electron chi connectivity index (χ3n) is 3.10. The molecule has 1 aromatic heterocycles. The van der Waals surface area contributed by atoms with Gasteiger partial charge in [-0.15, -0.1) is 0 Å². The Hall–Kier alpha value is -1.48. The van der Waals surface area contributed by atoms with Crippen LogP contribution in [0.4, 0.5) is 0 Å². The number of hydrogen-bond donors (Lipinski definition) is 1. The molecule has 0 aliphatic carbocycles. The van der Waals surface area contributed by atoms with Crippen LogP contribution < -0.4 is 4.74 Å². The summed E-state index contributed by atoms with van der Waals surface area (Å²) in [5, 5.41) is 1.25. The van der Waals surface area contributed by atoms with Crippen molar-refractivity contribution in [2.24, 2.45) is 0 Å². The molecular formula is C15H22N2O. The molecule has 0 saturated heterocycles. The van der Waals surface area contributed by atoms with Gasteiger partial charge in [-0.05, 0) is 58.1 Å². The van der Waals surface area contributed by atoms with Crippen LogP contribution in [0, 0.1) is 0 Å². The monoisotopic (exact) mass is 246 g/mol. The number of aromatic nitrogens is 1. The van der Waals surface area contributed by atoms with Crippen molar-refractivity contribution in [2.45, 2.75) is 19.8 Å². The Labute approximate surface area is 109 Å². The summed E-state index contributed by atoms with van der Waals surface area (Å²) in [4.78, 5) is 5.55. The molecule has 1 heterocycles. The van der Waals surface area contributed by atoms with Crippen LogP contribution in [0.15, 0.2) is 24.4 Å². The Morgan fingerprint density at radius 1 is 1.28 bits per heavy atom. The maximum absolute atomic E-state index is 5.72. The molecule has 3 heteroatoms. The normalized spacial score (nSPS) is 11.3. The summed E-state index contributed by atoms with van der Waals surface area (Å²) in [6.45, 7) is 3.85. The van der Waals surface area contributed by atoms with Crippen LogP contribution in [-0.4, -0.2) is 37.1 Å². The number of aromatic amines is 1. The summed E-state index contributed by atoms with van der Waals surface area (Å²) < 4.78 is 5.72. The number of H-pyrrole nitrogens is 1. The van der Waals surface area contributed by atoms with E-state index in [9.17, 15) is 0 Å². The molecule has 18 heavy (non-hydrogen) atoms. The van der Waals surface area contributed by atoms with Crippen molar-refractivity contribution in [2.75, 3.05) is 27.2 Å². The number of benzene rings is 1. The minimum atomic E-state index is 0.710. The van der Waals surface area contributed by atoms with Crippen molar-refractivity contribution < 1.29 is 4.74 Å². The summed E-state index contributed by atoms with van der Waals surface area (Å²) in [6, 6.07) is 6.19. The van der Waals surface area contributed by atoms with Gasteiger partial charge in [-0.2, -0.15) is 0 Å². The lowest BCUT2D eigenvalue weighted by molar-refractivity contribution is 0.344. The Bertz CT molecular complexity index is 502. The van der Waals surface area contributed by atoms with Crippen LogP contribution >= 0.6 is 0 Å². The fourth-order valence-corrected chi connectivity index (χ4v) is 2.28. The van der Waals surface area contributed by atoms with E-state index in [2.05, 4.69) is 42.3 Å². The standard InChI is InChI=1S/C15H22N2O/c1-4-18-14-9-5-8-13-15(14)12(11-16-13)7-6-10-17(2)3/h5,8-9,11,16H,4,6-7,10H2,1-3H3. The number of nitrogens with one attached hydrogen (secondary N) is 1. The lowest BCUT2D eigenvalue weighted by Gasteiger charge is -2.09. The van der Waals surface area contributed by atoms with Crippen molar-refractivity contribution in [3.05, 3.63) is 30.0 Å². The fraction of sp³-hybridized carbons (Fsp3) is 0.467. The molecule has 0 radical (unpaired) electrons. The van der Waals surface area contributed by atoms with Gasteiger partial charge in [0.15, 0.2) is 0 Å². The highest BCUT2D eigenvalue weighted by Gasteiger charge is 2.09. The van der Waals surface area contributed by atoms with E-state index >= 15 is 0 Å². The molecule has 1 N–H and O–H groups in total. The van der Waals surface area contributed by atoms with Crippen LogP contribution in [0.3, 0.4) is 0 Å². The van der Waals surface area contributed by atoms with E-state index < -0.39 is 0 Å². The zero-order valence-electron chi connectivity index (χ0n) is 11.5. The van der Waals surface area contributed by atoms with E-state index in [4.69, 9.17) is 4.74 Å². The number of aryl methyl sites for hydroxylation is 1. The number of rotatable bonds is 6. The van der Waals surface area contributed by atoms with E-state index in [0.29, 0.717) is 6.61 Å². The minimum Gasteiger partial charge on any atom is -0.493 e. The molecule has 0 fully saturated rings. The predicted octanol–water partition coefficient (Wildman–Crippen LogP) is 3.06. The van der Waals surface area contributed by atoms with Crippen molar-refractivity contribution in [1.29, 1.82) is 0 Å². The SMILES string of the molecule is CCOc1cccc2[nH]cc(CCCN(C)C)c12. The second-order valence-electron chi connectivity index (χ2n) is 4.83. The Morgan fingerprint density at radius 3 is 2.83 bits per heavy atom. The zero-order chi connectivity index (χ0) is 13.0. The third kappa shape index (κ3) is 2.85. The molecular weight excluding hydrogens is 224 g/mol. The summed E-state index contributed by atoms with van der Waals surface area (Å²) in [5.41, 5.74) is 2.52. The highest BCUT2D eigenvalue weighted by atomic mass is 16.5. The van der Waals surface area contributed by atoms with Gasteiger partial charge < -0.3 is 14.6 Å². The van der Waals surface area contributed by atoms with Gasteiger partial charge >= 0.3 is 0 Å². The molecule has 0 saturated carbocycles. The molecule has 1 aromatic carbocycles. The highest BCUT2D eigenvalue weighted by molar-refractivity contribution is 5.89. The van der Waals surface area contributed by atoms with E-state index in [1.165, 1.54) is 22.9 Å². The van der Waals surface area contributed by atoms with E-state index in [0.717, 1.165) is 18.7 Å². The second kappa shape index (κ2) is 5.91. The molecule has 2 aromatic rings. The fourth-order valence-electron chi connectivity index (χ4n) is 2.28. The van der Waals surface area contributed by atoms with E-state index in [-0.39, 0.29) is 0 Å². The topological polar surface area (TPSA) is 28.3 Å². The first kappa shape index (κ1) is 13.0. The van der Waals surface area contributed by atoms with Gasteiger partial charge in [0.1, 0.15) is 5.75 Å². The molecule has 98 valence electrons. The zero-order valence-corrected chi connectivity index (χ0v) is 11.5. The second-order valence-corrected chi connectivity index (χ2v) is 4.83. The molecule has 0 bridgehead atoms. The molecule has 2 rings (SSSR count). The van der Waals surface area contributed by atoms with Crippen LogP contribution in [0.25, 0.3) is 10.9 Å². The quantitative estimate of drug-likeness (QED) is 0.848. The summed E-state index contributed by atoms with van der Waals surface area (Å²) in [6.07, 6.45) is 4.37. The molecule has 3 nitrogen and oxygen atoms in total. The van der Waals surface area contributed by atoms with Crippen LogP contribution in [0.5, 0.6) is 5.75 Å². The van der Waals surface area contributed by atoms with Crippen molar-refractivity contribution in [3.63, 3.8) is 0 Å². The van der Waals surface area contributed by atoms with Crippen molar-refractivity contribution in [3.8, 4) is 5.75 Å². The van der Waals surface area contributed by atoms with E-state index in [1.807, 2.05) is 13.0 Å².